The summed E-state index contributed by atoms with van der Waals surface area (Å²) in [5.41, 5.74) is 1.61. The number of carboxylic acid groups (broad SMARTS) is 1. The second-order valence-corrected chi connectivity index (χ2v) is 7.29. The summed E-state index contributed by atoms with van der Waals surface area (Å²) in [6.07, 6.45) is -0.0807. The quantitative estimate of drug-likeness (QED) is 0.582. The van der Waals surface area contributed by atoms with E-state index in [1.807, 2.05) is 13.8 Å². The number of likely N-dealkylation sites (N-methyl/N-ethyl adjacent to an activating group) is 1. The molecule has 9 heteroatoms. The van der Waals surface area contributed by atoms with Crippen molar-refractivity contribution in [3.8, 4) is 34.7 Å². The fourth-order valence-corrected chi connectivity index (χ4v) is 2.99. The molecule has 1 N–H and O–H groups in total. The van der Waals surface area contributed by atoms with E-state index >= 15 is 0 Å². The van der Waals surface area contributed by atoms with Gasteiger partial charge in [-0.3, -0.25) is 9.69 Å². The molecule has 3 rings (SSSR count). The summed E-state index contributed by atoms with van der Waals surface area (Å²) in [5, 5.41) is 22.1. The molecule has 0 bridgehead atoms. The molecule has 0 spiro atoms. The molecule has 0 amide bonds. The number of rotatable bonds is 8. The molecule has 0 atom stereocenters. The van der Waals surface area contributed by atoms with Crippen LogP contribution in [0.2, 0.25) is 0 Å². The van der Waals surface area contributed by atoms with Crippen LogP contribution < -0.4 is 4.74 Å². The van der Waals surface area contributed by atoms with Gasteiger partial charge in [-0.25, -0.2) is 4.39 Å². The summed E-state index contributed by atoms with van der Waals surface area (Å²) >= 11 is 0. The van der Waals surface area contributed by atoms with Gasteiger partial charge in [0.15, 0.2) is 0 Å². The summed E-state index contributed by atoms with van der Waals surface area (Å²) in [6.45, 7) is 3.86. The van der Waals surface area contributed by atoms with Gasteiger partial charge in [-0.15, -0.1) is 0 Å². The molecule has 160 valence electrons. The van der Waals surface area contributed by atoms with Crippen molar-refractivity contribution in [1.82, 2.24) is 15.0 Å². The fraction of sp³-hybridized carbons (Fsp3) is 0.273. The fourth-order valence-electron chi connectivity index (χ4n) is 2.99. The zero-order chi connectivity index (χ0) is 22.5. The minimum Gasteiger partial charge on any atom is -0.490 e. The zero-order valence-electron chi connectivity index (χ0n) is 17.3. The number of nitrogens with zero attached hydrogens (tertiary/aromatic N) is 4. The maximum atomic E-state index is 14.6. The largest absolute Gasteiger partial charge is 0.490 e. The first-order valence-electron chi connectivity index (χ1n) is 9.51. The number of carboxylic acids is 1. The Labute approximate surface area is 178 Å². The average molecular weight is 424 g/mol. The second kappa shape index (κ2) is 9.36. The lowest BCUT2D eigenvalue weighted by Gasteiger charge is -2.14. The van der Waals surface area contributed by atoms with Gasteiger partial charge in [-0.2, -0.15) is 10.2 Å². The number of aromatic nitrogens is 2. The van der Waals surface area contributed by atoms with E-state index in [0.29, 0.717) is 22.4 Å². The van der Waals surface area contributed by atoms with Gasteiger partial charge in [-0.1, -0.05) is 11.2 Å². The van der Waals surface area contributed by atoms with Gasteiger partial charge in [-0.05, 0) is 56.8 Å². The van der Waals surface area contributed by atoms with Crippen molar-refractivity contribution in [2.45, 2.75) is 26.5 Å². The van der Waals surface area contributed by atoms with Crippen LogP contribution in [-0.4, -0.2) is 45.8 Å². The van der Waals surface area contributed by atoms with Gasteiger partial charge in [0.05, 0.1) is 23.8 Å². The van der Waals surface area contributed by atoms with Crippen LogP contribution in [-0.2, 0) is 11.3 Å². The maximum absolute atomic E-state index is 14.6. The zero-order valence-corrected chi connectivity index (χ0v) is 17.3. The van der Waals surface area contributed by atoms with Crippen LogP contribution in [0, 0.1) is 17.1 Å². The number of ether oxygens (including phenoxy) is 1. The Morgan fingerprint density at radius 3 is 2.74 bits per heavy atom. The molecule has 8 nitrogen and oxygen atoms in total. The number of benzene rings is 2. The summed E-state index contributed by atoms with van der Waals surface area (Å²) in [5.74, 6) is -0.837. The maximum Gasteiger partial charge on any atom is 0.317 e. The molecule has 31 heavy (non-hydrogen) atoms. The standard InChI is InChI=1S/C22H21FN4O4/c1-13(2)30-19-7-5-15(9-16(19)10-24)22-25-21(26-31-22)17-6-4-14(8-18(17)23)11-27(3)12-20(28)29/h4-9,13H,11-12H2,1-3H3,(H,28,29). The van der Waals surface area contributed by atoms with Crippen molar-refractivity contribution in [2.24, 2.45) is 0 Å². The smallest absolute Gasteiger partial charge is 0.317 e. The van der Waals surface area contributed by atoms with Gasteiger partial charge in [0.25, 0.3) is 5.89 Å². The Morgan fingerprint density at radius 1 is 1.32 bits per heavy atom. The van der Waals surface area contributed by atoms with E-state index in [-0.39, 0.29) is 36.5 Å². The molecule has 0 radical (unpaired) electrons. The Morgan fingerprint density at radius 2 is 2.10 bits per heavy atom. The number of carbonyl (C=O) groups is 1. The third-order valence-electron chi connectivity index (χ3n) is 4.27. The molecule has 0 fully saturated rings. The SMILES string of the molecule is CC(C)Oc1ccc(-c2nc(-c3ccc(CN(C)CC(=O)O)cc3F)no2)cc1C#N. The van der Waals surface area contributed by atoms with Gasteiger partial charge >= 0.3 is 5.97 Å². The van der Waals surface area contributed by atoms with Crippen LogP contribution in [0.4, 0.5) is 4.39 Å². The first-order valence-corrected chi connectivity index (χ1v) is 9.51. The number of nitriles is 1. The minimum absolute atomic E-state index is 0.0685. The monoisotopic (exact) mass is 424 g/mol. The van der Waals surface area contributed by atoms with Crippen LogP contribution in [0.25, 0.3) is 22.8 Å². The lowest BCUT2D eigenvalue weighted by molar-refractivity contribution is -0.138. The van der Waals surface area contributed by atoms with Gasteiger partial charge in [0.1, 0.15) is 17.6 Å². The van der Waals surface area contributed by atoms with Crippen LogP contribution in [0.5, 0.6) is 5.75 Å². The second-order valence-electron chi connectivity index (χ2n) is 7.29. The Kier molecular flexibility index (Phi) is 6.62. The topological polar surface area (TPSA) is 112 Å². The molecule has 2 aromatic carbocycles. The first-order chi connectivity index (χ1) is 14.8. The van der Waals surface area contributed by atoms with E-state index < -0.39 is 11.8 Å². The van der Waals surface area contributed by atoms with Crippen LogP contribution in [0.3, 0.4) is 0 Å². The highest BCUT2D eigenvalue weighted by Crippen LogP contribution is 2.28. The molecule has 0 saturated heterocycles. The molecule has 0 aliphatic rings. The third kappa shape index (κ3) is 5.43. The van der Waals surface area contributed by atoms with E-state index in [1.165, 1.54) is 12.1 Å². The molecular weight excluding hydrogens is 403 g/mol. The van der Waals surface area contributed by atoms with Crippen LogP contribution in [0.15, 0.2) is 40.9 Å². The summed E-state index contributed by atoms with van der Waals surface area (Å²) in [4.78, 5) is 16.6. The van der Waals surface area contributed by atoms with E-state index in [4.69, 9.17) is 14.4 Å². The highest BCUT2D eigenvalue weighted by molar-refractivity contribution is 5.69. The normalized spacial score (nSPS) is 11.0. The predicted molar refractivity (Wildman–Crippen MR) is 110 cm³/mol. The van der Waals surface area contributed by atoms with Crippen molar-refractivity contribution in [1.29, 1.82) is 5.26 Å². The van der Waals surface area contributed by atoms with Gasteiger partial charge in [0.2, 0.25) is 5.82 Å². The molecule has 3 aromatic rings. The summed E-state index contributed by atoms with van der Waals surface area (Å²) in [7, 11) is 1.64. The molecule has 0 aliphatic carbocycles. The molecular formula is C22H21FN4O4. The minimum atomic E-state index is -0.956. The summed E-state index contributed by atoms with van der Waals surface area (Å²) in [6, 6.07) is 11.5. The molecule has 1 heterocycles. The van der Waals surface area contributed by atoms with Crippen molar-refractivity contribution in [2.75, 3.05) is 13.6 Å². The number of halogens is 1. The molecule has 0 saturated carbocycles. The van der Waals surface area contributed by atoms with Crippen LogP contribution in [0.1, 0.15) is 25.0 Å². The van der Waals surface area contributed by atoms with Crippen molar-refractivity contribution in [3.63, 3.8) is 0 Å². The molecule has 0 unspecified atom stereocenters. The lowest BCUT2D eigenvalue weighted by atomic mass is 10.1. The van der Waals surface area contributed by atoms with Crippen molar-refractivity contribution >= 4 is 5.97 Å². The Hall–Kier alpha value is -3.77. The number of hydrogen-bond acceptors (Lipinski definition) is 7. The number of hydrogen-bond donors (Lipinski definition) is 1. The molecule has 0 aliphatic heterocycles. The van der Waals surface area contributed by atoms with E-state index in [9.17, 15) is 14.4 Å². The predicted octanol–water partition coefficient (Wildman–Crippen LogP) is 3.72. The van der Waals surface area contributed by atoms with Crippen molar-refractivity contribution < 1.29 is 23.6 Å². The first kappa shape index (κ1) is 21.9. The van der Waals surface area contributed by atoms with Crippen LogP contribution >= 0.6 is 0 Å². The highest BCUT2D eigenvalue weighted by Gasteiger charge is 2.17. The van der Waals surface area contributed by atoms with E-state index in [1.54, 1.807) is 36.2 Å². The van der Waals surface area contributed by atoms with E-state index in [2.05, 4.69) is 16.2 Å². The van der Waals surface area contributed by atoms with E-state index in [0.717, 1.165) is 0 Å². The molecule has 1 aromatic heterocycles. The van der Waals surface area contributed by atoms with Crippen molar-refractivity contribution in [3.05, 3.63) is 53.3 Å². The summed E-state index contributed by atoms with van der Waals surface area (Å²) < 4.78 is 25.5. The van der Waals surface area contributed by atoms with Gasteiger partial charge < -0.3 is 14.4 Å². The lowest BCUT2D eigenvalue weighted by Crippen LogP contribution is -2.25. The third-order valence-corrected chi connectivity index (χ3v) is 4.27. The number of aliphatic carboxylic acids is 1. The van der Waals surface area contributed by atoms with Gasteiger partial charge in [0, 0.05) is 12.1 Å². The average Bonchev–Trinajstić information content (AvgIpc) is 3.17. The highest BCUT2D eigenvalue weighted by atomic mass is 19.1. The Bertz CT molecular complexity index is 1140. The Balaban J connectivity index is 1.82.